The van der Waals surface area contributed by atoms with Gasteiger partial charge in [0.1, 0.15) is 6.42 Å². The van der Waals surface area contributed by atoms with Gasteiger partial charge in [0, 0.05) is 31.6 Å². The molecule has 26 heavy (non-hydrogen) atoms. The highest BCUT2D eigenvalue weighted by Gasteiger charge is 2.47. The van der Waals surface area contributed by atoms with E-state index >= 15 is 0 Å². The van der Waals surface area contributed by atoms with Crippen LogP contribution in [-0.2, 0) is 6.42 Å². The Bertz CT molecular complexity index is 791. The van der Waals surface area contributed by atoms with Gasteiger partial charge in [-0.3, -0.25) is 4.90 Å². The summed E-state index contributed by atoms with van der Waals surface area (Å²) < 4.78 is 42.7. The van der Waals surface area contributed by atoms with Crippen LogP contribution in [0, 0.1) is 18.8 Å². The zero-order valence-electron chi connectivity index (χ0n) is 14.7. The summed E-state index contributed by atoms with van der Waals surface area (Å²) in [5, 5.41) is 7.40. The number of likely N-dealkylation sites (tertiary alicyclic amines) is 1. The lowest BCUT2D eigenvalue weighted by molar-refractivity contribution is -0.130. The number of halogens is 3. The number of benzene rings is 1. The molecule has 2 aliphatic heterocycles. The summed E-state index contributed by atoms with van der Waals surface area (Å²) in [5.41, 5.74) is 2.57. The van der Waals surface area contributed by atoms with E-state index in [0.29, 0.717) is 24.4 Å². The quantitative estimate of drug-likeness (QED) is 0.835. The van der Waals surface area contributed by atoms with Crippen LogP contribution in [0.5, 0.6) is 0 Å². The summed E-state index contributed by atoms with van der Waals surface area (Å²) >= 11 is 0. The number of aromatic nitrogens is 2. The van der Waals surface area contributed by atoms with Crippen molar-refractivity contribution < 1.29 is 17.6 Å². The molecule has 0 N–H and O–H groups in total. The first-order valence-corrected chi connectivity index (χ1v) is 8.71. The Kier molecular flexibility index (Phi) is 4.17. The van der Waals surface area contributed by atoms with Gasteiger partial charge in [-0.15, -0.1) is 5.10 Å². The molecular formula is C18H21F3N4O. The van der Waals surface area contributed by atoms with Crippen LogP contribution >= 0.6 is 0 Å². The second-order valence-corrected chi connectivity index (χ2v) is 7.34. The Morgan fingerprint density at radius 2 is 1.92 bits per heavy atom. The number of hydrogen-bond donors (Lipinski definition) is 0. The lowest BCUT2D eigenvalue weighted by atomic mass is 9.88. The van der Waals surface area contributed by atoms with E-state index in [2.05, 4.69) is 47.3 Å². The molecule has 2 aliphatic rings. The summed E-state index contributed by atoms with van der Waals surface area (Å²) in [4.78, 5) is 4.30. The number of rotatable bonds is 3. The fourth-order valence-corrected chi connectivity index (χ4v) is 4.42. The van der Waals surface area contributed by atoms with E-state index in [4.69, 9.17) is 4.42 Å². The third-order valence-electron chi connectivity index (χ3n) is 5.48. The maximum Gasteiger partial charge on any atom is 0.397 e. The summed E-state index contributed by atoms with van der Waals surface area (Å²) in [6.07, 6.45) is -5.53. The van der Waals surface area contributed by atoms with Gasteiger partial charge in [0.25, 0.3) is 0 Å². The first-order chi connectivity index (χ1) is 12.3. The van der Waals surface area contributed by atoms with E-state index in [-0.39, 0.29) is 11.9 Å². The van der Waals surface area contributed by atoms with Crippen molar-refractivity contribution >= 4 is 6.01 Å². The molecule has 1 aromatic heterocycles. The Hall–Kier alpha value is -2.09. The predicted octanol–water partition coefficient (Wildman–Crippen LogP) is 3.22. The predicted molar refractivity (Wildman–Crippen MR) is 89.8 cm³/mol. The fourth-order valence-electron chi connectivity index (χ4n) is 4.42. The van der Waals surface area contributed by atoms with E-state index in [1.165, 1.54) is 11.1 Å². The Morgan fingerprint density at radius 1 is 1.15 bits per heavy atom. The first kappa shape index (κ1) is 17.3. The molecule has 8 heteroatoms. The number of anilines is 1. The van der Waals surface area contributed by atoms with Crippen molar-refractivity contribution in [2.45, 2.75) is 25.6 Å². The number of nitrogens with zero attached hydrogens (tertiary/aromatic N) is 4. The molecular weight excluding hydrogens is 345 g/mol. The number of fused-ring (bicyclic) bond motifs is 1. The Labute approximate surface area is 149 Å². The van der Waals surface area contributed by atoms with E-state index in [9.17, 15) is 13.2 Å². The van der Waals surface area contributed by atoms with E-state index < -0.39 is 12.6 Å². The molecule has 3 atom stereocenters. The molecule has 4 rings (SSSR count). The molecule has 0 unspecified atom stereocenters. The highest BCUT2D eigenvalue weighted by molar-refractivity contribution is 5.35. The largest absolute Gasteiger partial charge is 0.408 e. The molecule has 0 spiro atoms. The van der Waals surface area contributed by atoms with Crippen LogP contribution in [0.4, 0.5) is 19.2 Å². The van der Waals surface area contributed by atoms with Gasteiger partial charge < -0.3 is 9.32 Å². The lowest BCUT2D eigenvalue weighted by Crippen LogP contribution is -2.29. The van der Waals surface area contributed by atoms with Gasteiger partial charge in [0.05, 0.1) is 0 Å². The maximum absolute atomic E-state index is 12.5. The van der Waals surface area contributed by atoms with E-state index in [1.54, 1.807) is 0 Å². The third kappa shape index (κ3) is 3.18. The number of hydrogen-bond acceptors (Lipinski definition) is 5. The summed E-state index contributed by atoms with van der Waals surface area (Å²) in [6.45, 7) is 4.50. The second-order valence-electron chi connectivity index (χ2n) is 7.34. The zero-order chi connectivity index (χ0) is 18.5. The van der Waals surface area contributed by atoms with Crippen LogP contribution in [0.3, 0.4) is 0 Å². The normalized spacial score (nSPS) is 26.5. The van der Waals surface area contributed by atoms with Crippen LogP contribution in [-0.4, -0.2) is 48.0 Å². The third-order valence-corrected chi connectivity index (χ3v) is 5.48. The highest BCUT2D eigenvalue weighted by Crippen LogP contribution is 2.45. The fraction of sp³-hybridized carbons (Fsp3) is 0.556. The van der Waals surface area contributed by atoms with Crippen LogP contribution in [0.1, 0.15) is 23.1 Å². The first-order valence-electron chi connectivity index (χ1n) is 8.71. The molecule has 0 saturated carbocycles. The monoisotopic (exact) mass is 366 g/mol. The second kappa shape index (κ2) is 6.26. The molecule has 2 saturated heterocycles. The van der Waals surface area contributed by atoms with Crippen molar-refractivity contribution in [3.63, 3.8) is 0 Å². The van der Waals surface area contributed by atoms with Gasteiger partial charge in [0.15, 0.2) is 0 Å². The molecule has 2 fully saturated rings. The average molecular weight is 366 g/mol. The minimum atomic E-state index is -4.34. The van der Waals surface area contributed by atoms with E-state index in [1.807, 2.05) is 11.0 Å². The molecule has 5 nitrogen and oxygen atoms in total. The molecule has 0 amide bonds. The number of alkyl halides is 3. The molecule has 3 heterocycles. The van der Waals surface area contributed by atoms with Crippen molar-refractivity contribution in [2.24, 2.45) is 11.8 Å². The van der Waals surface area contributed by atoms with E-state index in [0.717, 1.165) is 13.1 Å². The van der Waals surface area contributed by atoms with Crippen molar-refractivity contribution in [3.05, 3.63) is 41.3 Å². The summed E-state index contributed by atoms with van der Waals surface area (Å²) in [7, 11) is 2.13. The average Bonchev–Trinajstić information content (AvgIpc) is 3.21. The standard InChI is InChI=1S/C18H21F3N4O/c1-11-5-3-4-6-13(11)16-14-10-25(9-12(14)8-24(16)2)17-23-22-15(26-17)7-18(19,20)21/h3-6,12,14,16H,7-10H2,1-2H3/t12-,14+,16+/m0/s1. The van der Waals surface area contributed by atoms with Gasteiger partial charge in [-0.05, 0) is 31.0 Å². The van der Waals surface area contributed by atoms with Gasteiger partial charge >= 0.3 is 12.2 Å². The minimum absolute atomic E-state index is 0.199. The maximum atomic E-state index is 12.5. The summed E-state index contributed by atoms with van der Waals surface area (Å²) in [5.74, 6) is 0.443. The van der Waals surface area contributed by atoms with Crippen molar-refractivity contribution in [2.75, 3.05) is 31.6 Å². The zero-order valence-corrected chi connectivity index (χ0v) is 14.7. The summed E-state index contributed by atoms with van der Waals surface area (Å²) in [6, 6.07) is 8.86. The number of aryl methyl sites for hydroxylation is 1. The molecule has 0 radical (unpaired) electrons. The molecule has 0 aliphatic carbocycles. The SMILES string of the molecule is Cc1ccccc1[C@@H]1[C@@H]2CN(c3nnc(CC(F)(F)F)o3)C[C@@H]2CN1C. The highest BCUT2D eigenvalue weighted by atomic mass is 19.4. The topological polar surface area (TPSA) is 45.4 Å². The lowest BCUT2D eigenvalue weighted by Gasteiger charge is -2.27. The molecule has 140 valence electrons. The van der Waals surface area contributed by atoms with Crippen molar-refractivity contribution in [3.8, 4) is 0 Å². The Morgan fingerprint density at radius 3 is 2.65 bits per heavy atom. The van der Waals surface area contributed by atoms with Gasteiger partial charge in [-0.25, -0.2) is 0 Å². The van der Waals surface area contributed by atoms with Gasteiger partial charge in [-0.2, -0.15) is 13.2 Å². The van der Waals surface area contributed by atoms with Gasteiger partial charge in [0.2, 0.25) is 5.89 Å². The van der Waals surface area contributed by atoms with Crippen LogP contribution in [0.25, 0.3) is 0 Å². The van der Waals surface area contributed by atoms with Crippen molar-refractivity contribution in [1.82, 2.24) is 15.1 Å². The van der Waals surface area contributed by atoms with Crippen molar-refractivity contribution in [1.29, 1.82) is 0 Å². The minimum Gasteiger partial charge on any atom is -0.408 e. The molecule has 0 bridgehead atoms. The van der Waals surface area contributed by atoms with Crippen LogP contribution < -0.4 is 4.90 Å². The smallest absolute Gasteiger partial charge is 0.397 e. The van der Waals surface area contributed by atoms with Gasteiger partial charge in [-0.1, -0.05) is 29.4 Å². The van der Waals surface area contributed by atoms with Crippen LogP contribution in [0.15, 0.2) is 28.7 Å². The van der Waals surface area contributed by atoms with Crippen LogP contribution in [0.2, 0.25) is 0 Å². The molecule has 1 aromatic carbocycles. The Balaban J connectivity index is 1.52. The molecule has 2 aromatic rings.